The minimum absolute atomic E-state index is 0.206. The molecule has 0 spiro atoms. The van der Waals surface area contributed by atoms with E-state index in [1.165, 1.54) is 0 Å². The van der Waals surface area contributed by atoms with E-state index in [2.05, 4.69) is 11.9 Å². The number of hydrogen-bond acceptors (Lipinski definition) is 2. The summed E-state index contributed by atoms with van der Waals surface area (Å²) < 4.78 is 5.21. The van der Waals surface area contributed by atoms with Gasteiger partial charge in [-0.15, -0.1) is 6.58 Å². The number of nitrogens with one attached hydrogen (secondary N) is 1. The van der Waals surface area contributed by atoms with Crippen molar-refractivity contribution in [1.82, 2.24) is 5.32 Å². The van der Waals surface area contributed by atoms with E-state index >= 15 is 0 Å². The molecule has 2 atom stereocenters. The largest absolute Gasteiger partial charge is 0.444 e. The van der Waals surface area contributed by atoms with Crippen LogP contribution in [-0.4, -0.2) is 17.7 Å². The first-order valence-corrected chi connectivity index (χ1v) is 5.54. The molecule has 0 heterocycles. The van der Waals surface area contributed by atoms with Crippen LogP contribution in [-0.2, 0) is 4.74 Å². The van der Waals surface area contributed by atoms with Gasteiger partial charge in [-0.25, -0.2) is 4.79 Å². The first-order chi connectivity index (χ1) is 6.92. The van der Waals surface area contributed by atoms with E-state index in [4.69, 9.17) is 4.74 Å². The predicted octanol–water partition coefficient (Wildman–Crippen LogP) is 2.87. The highest BCUT2D eigenvalue weighted by Gasteiger charge is 2.27. The Balaban J connectivity index is 2.41. The highest BCUT2D eigenvalue weighted by molar-refractivity contribution is 5.68. The van der Waals surface area contributed by atoms with Crippen LogP contribution >= 0.6 is 0 Å². The molecule has 0 radical (unpaired) electrons. The minimum Gasteiger partial charge on any atom is -0.444 e. The molecule has 1 aliphatic rings. The molecule has 0 unspecified atom stereocenters. The molecule has 0 aromatic heterocycles. The van der Waals surface area contributed by atoms with Gasteiger partial charge in [0.05, 0.1) is 0 Å². The Morgan fingerprint density at radius 2 is 2.13 bits per heavy atom. The molecule has 0 aromatic carbocycles. The average Bonchev–Trinajstić information content (AvgIpc) is 2.48. The lowest BCUT2D eigenvalue weighted by Gasteiger charge is -2.23. The Bertz CT molecular complexity index is 242. The minimum atomic E-state index is -0.424. The number of rotatable bonds is 2. The number of hydrogen-bond donors (Lipinski definition) is 1. The number of carbonyl (C=O) groups excluding carboxylic acids is 1. The normalized spacial score (nSPS) is 26.1. The molecular weight excluding hydrogens is 190 g/mol. The van der Waals surface area contributed by atoms with Crippen molar-refractivity contribution >= 4 is 6.09 Å². The van der Waals surface area contributed by atoms with Gasteiger partial charge in [-0.2, -0.15) is 0 Å². The SMILES string of the molecule is C=C[C@@H]1CCC[C@H]1NC(=O)OC(C)(C)C. The first-order valence-electron chi connectivity index (χ1n) is 5.54. The summed E-state index contributed by atoms with van der Waals surface area (Å²) in [5, 5.41) is 2.90. The van der Waals surface area contributed by atoms with Gasteiger partial charge in [0.1, 0.15) is 5.60 Å². The second-order valence-electron chi connectivity index (χ2n) is 5.08. The van der Waals surface area contributed by atoms with Crippen LogP contribution in [0.5, 0.6) is 0 Å². The van der Waals surface area contributed by atoms with Crippen LogP contribution in [0.4, 0.5) is 4.79 Å². The average molecular weight is 211 g/mol. The summed E-state index contributed by atoms with van der Waals surface area (Å²) in [6.45, 7) is 9.38. The molecule has 1 rings (SSSR count). The van der Waals surface area contributed by atoms with E-state index in [1.54, 1.807) is 0 Å². The highest BCUT2D eigenvalue weighted by Crippen LogP contribution is 2.26. The van der Waals surface area contributed by atoms with Gasteiger partial charge in [0.2, 0.25) is 0 Å². The molecule has 15 heavy (non-hydrogen) atoms. The molecule has 1 fully saturated rings. The van der Waals surface area contributed by atoms with Crippen molar-refractivity contribution in [1.29, 1.82) is 0 Å². The molecule has 0 bridgehead atoms. The van der Waals surface area contributed by atoms with Crippen molar-refractivity contribution in [3.05, 3.63) is 12.7 Å². The third kappa shape index (κ3) is 3.94. The highest BCUT2D eigenvalue weighted by atomic mass is 16.6. The summed E-state index contributed by atoms with van der Waals surface area (Å²) in [6, 6.07) is 0.206. The quantitative estimate of drug-likeness (QED) is 0.713. The molecule has 1 N–H and O–H groups in total. The molecule has 86 valence electrons. The zero-order chi connectivity index (χ0) is 11.5. The Morgan fingerprint density at radius 1 is 1.47 bits per heavy atom. The molecule has 1 amide bonds. The topological polar surface area (TPSA) is 38.3 Å². The maximum absolute atomic E-state index is 11.5. The lowest BCUT2D eigenvalue weighted by molar-refractivity contribution is 0.0498. The standard InChI is InChI=1S/C12H21NO2/c1-5-9-7-6-8-10(9)13-11(14)15-12(2,3)4/h5,9-10H,1,6-8H2,2-4H3,(H,13,14)/t9-,10-/m1/s1. The maximum atomic E-state index is 11.5. The van der Waals surface area contributed by atoms with Crippen LogP contribution in [0.25, 0.3) is 0 Å². The van der Waals surface area contributed by atoms with E-state index in [1.807, 2.05) is 26.8 Å². The van der Waals surface area contributed by atoms with Gasteiger partial charge >= 0.3 is 6.09 Å². The van der Waals surface area contributed by atoms with Crippen molar-refractivity contribution < 1.29 is 9.53 Å². The van der Waals surface area contributed by atoms with Crippen molar-refractivity contribution in [3.8, 4) is 0 Å². The Kier molecular flexibility index (Phi) is 3.77. The van der Waals surface area contributed by atoms with Gasteiger partial charge in [0.25, 0.3) is 0 Å². The Morgan fingerprint density at radius 3 is 2.67 bits per heavy atom. The monoisotopic (exact) mass is 211 g/mol. The summed E-state index contributed by atoms with van der Waals surface area (Å²) in [5.74, 6) is 0.400. The van der Waals surface area contributed by atoms with Crippen molar-refractivity contribution in [2.75, 3.05) is 0 Å². The van der Waals surface area contributed by atoms with Crippen molar-refractivity contribution in [2.24, 2.45) is 5.92 Å². The summed E-state index contributed by atoms with van der Waals surface area (Å²) in [7, 11) is 0. The summed E-state index contributed by atoms with van der Waals surface area (Å²) in [4.78, 5) is 11.5. The van der Waals surface area contributed by atoms with E-state index in [0.717, 1.165) is 19.3 Å². The first kappa shape index (κ1) is 12.1. The lowest BCUT2D eigenvalue weighted by atomic mass is 10.0. The molecule has 3 nitrogen and oxygen atoms in total. The third-order valence-corrected chi connectivity index (χ3v) is 2.57. The second kappa shape index (κ2) is 4.69. The van der Waals surface area contributed by atoms with Gasteiger partial charge in [-0.1, -0.05) is 12.5 Å². The zero-order valence-electron chi connectivity index (χ0n) is 9.88. The lowest BCUT2D eigenvalue weighted by Crippen LogP contribution is -2.40. The molecule has 0 aromatic rings. The maximum Gasteiger partial charge on any atom is 0.407 e. The van der Waals surface area contributed by atoms with Gasteiger partial charge in [0.15, 0.2) is 0 Å². The van der Waals surface area contributed by atoms with Crippen molar-refractivity contribution in [3.63, 3.8) is 0 Å². The molecule has 3 heteroatoms. The zero-order valence-corrected chi connectivity index (χ0v) is 9.88. The van der Waals surface area contributed by atoms with Gasteiger partial charge in [-0.3, -0.25) is 0 Å². The van der Waals surface area contributed by atoms with Gasteiger partial charge in [-0.05, 0) is 39.5 Å². The fraction of sp³-hybridized carbons (Fsp3) is 0.750. The Hall–Kier alpha value is -0.990. The molecule has 1 aliphatic carbocycles. The molecule has 0 saturated heterocycles. The Labute approximate surface area is 91.9 Å². The fourth-order valence-electron chi connectivity index (χ4n) is 1.91. The summed E-state index contributed by atoms with van der Waals surface area (Å²) >= 11 is 0. The summed E-state index contributed by atoms with van der Waals surface area (Å²) in [5.41, 5.74) is -0.424. The van der Waals surface area contributed by atoms with Crippen LogP contribution < -0.4 is 5.32 Å². The van der Waals surface area contributed by atoms with E-state index in [0.29, 0.717) is 5.92 Å². The number of ether oxygens (including phenoxy) is 1. The number of amides is 1. The number of alkyl carbamates (subject to hydrolysis) is 1. The van der Waals surface area contributed by atoms with Crippen LogP contribution in [0, 0.1) is 5.92 Å². The smallest absolute Gasteiger partial charge is 0.407 e. The predicted molar refractivity (Wildman–Crippen MR) is 60.7 cm³/mol. The van der Waals surface area contributed by atoms with Crippen LogP contribution in [0.1, 0.15) is 40.0 Å². The van der Waals surface area contributed by atoms with E-state index in [9.17, 15) is 4.79 Å². The van der Waals surface area contributed by atoms with E-state index < -0.39 is 5.60 Å². The van der Waals surface area contributed by atoms with Gasteiger partial charge < -0.3 is 10.1 Å². The summed E-state index contributed by atoms with van der Waals surface area (Å²) in [6.07, 6.45) is 4.90. The van der Waals surface area contributed by atoms with Crippen LogP contribution in [0.15, 0.2) is 12.7 Å². The second-order valence-corrected chi connectivity index (χ2v) is 5.08. The van der Waals surface area contributed by atoms with Crippen LogP contribution in [0.2, 0.25) is 0 Å². The molecule has 0 aliphatic heterocycles. The molecular formula is C12H21NO2. The van der Waals surface area contributed by atoms with Gasteiger partial charge in [0, 0.05) is 6.04 Å². The molecule has 1 saturated carbocycles. The number of carbonyl (C=O) groups is 1. The van der Waals surface area contributed by atoms with E-state index in [-0.39, 0.29) is 12.1 Å². The van der Waals surface area contributed by atoms with Crippen LogP contribution in [0.3, 0.4) is 0 Å². The van der Waals surface area contributed by atoms with Crippen molar-refractivity contribution in [2.45, 2.75) is 51.7 Å². The third-order valence-electron chi connectivity index (χ3n) is 2.57. The fourth-order valence-corrected chi connectivity index (χ4v) is 1.91.